The molecule has 2 fully saturated rings. The predicted molar refractivity (Wildman–Crippen MR) is 64.7 cm³/mol. The molecule has 3 rings (SSSR count). The molecular formula is C14H19NO2. The van der Waals surface area contributed by atoms with E-state index >= 15 is 0 Å². The van der Waals surface area contributed by atoms with Crippen LogP contribution in [0, 0.1) is 5.92 Å². The molecule has 0 radical (unpaired) electrons. The predicted octanol–water partition coefficient (Wildman–Crippen LogP) is 2.31. The smallest absolute Gasteiger partial charge is 0.154 e. The SMILES string of the molecule is O=C(Cc1ccoc1)C1CC2CCCCC2N1. The topological polar surface area (TPSA) is 42.2 Å². The van der Waals surface area contributed by atoms with Crippen LogP contribution < -0.4 is 5.32 Å². The summed E-state index contributed by atoms with van der Waals surface area (Å²) in [6, 6.07) is 2.56. The van der Waals surface area contributed by atoms with Gasteiger partial charge in [0, 0.05) is 12.5 Å². The van der Waals surface area contributed by atoms with Crippen LogP contribution in [0.5, 0.6) is 0 Å². The van der Waals surface area contributed by atoms with Crippen molar-refractivity contribution in [3.63, 3.8) is 0 Å². The van der Waals surface area contributed by atoms with Crippen LogP contribution >= 0.6 is 0 Å². The Morgan fingerprint density at radius 1 is 1.41 bits per heavy atom. The van der Waals surface area contributed by atoms with Gasteiger partial charge in [-0.25, -0.2) is 0 Å². The van der Waals surface area contributed by atoms with Gasteiger partial charge in [0.15, 0.2) is 5.78 Å². The van der Waals surface area contributed by atoms with Gasteiger partial charge in [0.25, 0.3) is 0 Å². The number of carbonyl (C=O) groups is 1. The summed E-state index contributed by atoms with van der Waals surface area (Å²) in [5.74, 6) is 1.06. The maximum Gasteiger partial charge on any atom is 0.154 e. The standard InChI is InChI=1S/C14H19NO2/c16-14(7-10-5-6-17-9-10)13-8-11-3-1-2-4-12(11)15-13/h5-6,9,11-13,15H,1-4,7-8H2. The number of hydrogen-bond acceptors (Lipinski definition) is 3. The molecule has 3 heteroatoms. The average molecular weight is 233 g/mol. The number of carbonyl (C=O) groups excluding carboxylic acids is 1. The Morgan fingerprint density at radius 3 is 3.06 bits per heavy atom. The van der Waals surface area contributed by atoms with Crippen molar-refractivity contribution in [1.29, 1.82) is 0 Å². The third-order valence-electron chi connectivity index (χ3n) is 4.21. The molecule has 1 aliphatic heterocycles. The third kappa shape index (κ3) is 2.29. The largest absolute Gasteiger partial charge is 0.472 e. The lowest BCUT2D eigenvalue weighted by Crippen LogP contribution is -2.37. The summed E-state index contributed by atoms with van der Waals surface area (Å²) in [7, 11) is 0. The van der Waals surface area contributed by atoms with E-state index in [0.29, 0.717) is 18.2 Å². The van der Waals surface area contributed by atoms with Crippen molar-refractivity contribution in [3.8, 4) is 0 Å². The Bertz CT molecular complexity index is 371. The molecule has 1 saturated heterocycles. The Hall–Kier alpha value is -1.09. The molecule has 1 aromatic heterocycles. The lowest BCUT2D eigenvalue weighted by atomic mass is 9.84. The van der Waals surface area contributed by atoms with Crippen LogP contribution in [0.1, 0.15) is 37.7 Å². The van der Waals surface area contributed by atoms with Crippen LogP contribution in [0.3, 0.4) is 0 Å². The van der Waals surface area contributed by atoms with Gasteiger partial charge in [-0.05, 0) is 36.8 Å². The van der Waals surface area contributed by atoms with Crippen molar-refractivity contribution in [1.82, 2.24) is 5.32 Å². The van der Waals surface area contributed by atoms with Crippen molar-refractivity contribution >= 4 is 5.78 Å². The Morgan fingerprint density at radius 2 is 2.29 bits per heavy atom. The summed E-state index contributed by atoms with van der Waals surface area (Å²) in [5, 5.41) is 3.52. The zero-order valence-electron chi connectivity index (χ0n) is 10.0. The maximum absolute atomic E-state index is 12.2. The van der Waals surface area contributed by atoms with Crippen LogP contribution in [-0.2, 0) is 11.2 Å². The molecule has 1 aromatic rings. The minimum atomic E-state index is 0.0815. The van der Waals surface area contributed by atoms with Gasteiger partial charge in [-0.1, -0.05) is 12.8 Å². The zero-order chi connectivity index (χ0) is 11.7. The molecule has 3 atom stereocenters. The molecule has 1 N–H and O–H groups in total. The van der Waals surface area contributed by atoms with E-state index in [1.807, 2.05) is 6.07 Å². The first-order valence-electron chi connectivity index (χ1n) is 6.63. The van der Waals surface area contributed by atoms with Gasteiger partial charge in [0.05, 0.1) is 18.6 Å². The average Bonchev–Trinajstić information content (AvgIpc) is 2.96. The number of rotatable bonds is 3. The summed E-state index contributed by atoms with van der Waals surface area (Å²) in [6.07, 6.45) is 10.1. The fraction of sp³-hybridized carbons (Fsp3) is 0.643. The highest BCUT2D eigenvalue weighted by atomic mass is 16.3. The highest BCUT2D eigenvalue weighted by molar-refractivity contribution is 5.86. The number of furan rings is 1. The molecule has 0 aromatic carbocycles. The second-order valence-electron chi connectivity index (χ2n) is 5.38. The van der Waals surface area contributed by atoms with Crippen molar-refractivity contribution in [2.75, 3.05) is 0 Å². The van der Waals surface area contributed by atoms with Crippen molar-refractivity contribution in [3.05, 3.63) is 24.2 Å². The molecule has 0 bridgehead atoms. The second-order valence-corrected chi connectivity index (χ2v) is 5.38. The van der Waals surface area contributed by atoms with E-state index in [1.54, 1.807) is 12.5 Å². The van der Waals surface area contributed by atoms with Crippen LogP contribution in [0.2, 0.25) is 0 Å². The summed E-state index contributed by atoms with van der Waals surface area (Å²) < 4.78 is 5.00. The number of hydrogen-bond donors (Lipinski definition) is 1. The van der Waals surface area contributed by atoms with E-state index in [9.17, 15) is 4.79 Å². The Balaban J connectivity index is 1.60. The molecule has 2 heterocycles. The quantitative estimate of drug-likeness (QED) is 0.871. The lowest BCUT2D eigenvalue weighted by molar-refractivity contribution is -0.120. The number of Topliss-reactive ketones (excluding diaryl/α,β-unsaturated/α-hetero) is 1. The van der Waals surface area contributed by atoms with E-state index in [1.165, 1.54) is 25.7 Å². The number of ketones is 1. The summed E-state index contributed by atoms with van der Waals surface area (Å²) in [6.45, 7) is 0. The number of fused-ring (bicyclic) bond motifs is 1. The molecule has 3 nitrogen and oxygen atoms in total. The third-order valence-corrected chi connectivity index (χ3v) is 4.21. The molecule has 3 unspecified atom stereocenters. The molecule has 1 saturated carbocycles. The first-order valence-corrected chi connectivity index (χ1v) is 6.63. The zero-order valence-corrected chi connectivity index (χ0v) is 10.0. The van der Waals surface area contributed by atoms with Gasteiger partial charge in [-0.3, -0.25) is 4.79 Å². The van der Waals surface area contributed by atoms with E-state index < -0.39 is 0 Å². The second kappa shape index (κ2) is 4.65. The molecule has 1 aliphatic carbocycles. The molecule has 92 valence electrons. The van der Waals surface area contributed by atoms with Crippen LogP contribution in [0.4, 0.5) is 0 Å². The minimum Gasteiger partial charge on any atom is -0.472 e. The fourth-order valence-corrected chi connectivity index (χ4v) is 3.28. The normalized spacial score (nSPS) is 32.4. The fourth-order valence-electron chi connectivity index (χ4n) is 3.28. The van der Waals surface area contributed by atoms with E-state index in [4.69, 9.17) is 4.42 Å². The summed E-state index contributed by atoms with van der Waals surface area (Å²) in [5.41, 5.74) is 0.992. The minimum absolute atomic E-state index is 0.0815. The van der Waals surface area contributed by atoms with Crippen LogP contribution in [-0.4, -0.2) is 17.9 Å². The van der Waals surface area contributed by atoms with Gasteiger partial charge in [0.2, 0.25) is 0 Å². The van der Waals surface area contributed by atoms with Gasteiger partial charge >= 0.3 is 0 Å². The first-order chi connectivity index (χ1) is 8.33. The van der Waals surface area contributed by atoms with E-state index in [0.717, 1.165) is 17.9 Å². The van der Waals surface area contributed by atoms with E-state index in [2.05, 4.69) is 5.32 Å². The summed E-state index contributed by atoms with van der Waals surface area (Å²) in [4.78, 5) is 12.2. The number of nitrogens with one attached hydrogen (secondary N) is 1. The molecule has 17 heavy (non-hydrogen) atoms. The Kier molecular flexibility index (Phi) is 3.02. The maximum atomic E-state index is 12.2. The van der Waals surface area contributed by atoms with Crippen molar-refractivity contribution in [2.24, 2.45) is 5.92 Å². The summed E-state index contributed by atoms with van der Waals surface area (Å²) >= 11 is 0. The van der Waals surface area contributed by atoms with Crippen LogP contribution in [0.25, 0.3) is 0 Å². The van der Waals surface area contributed by atoms with Gasteiger partial charge in [-0.15, -0.1) is 0 Å². The first kappa shape index (κ1) is 11.0. The molecular weight excluding hydrogens is 214 g/mol. The van der Waals surface area contributed by atoms with Crippen molar-refractivity contribution in [2.45, 2.75) is 50.6 Å². The van der Waals surface area contributed by atoms with E-state index in [-0.39, 0.29) is 6.04 Å². The Labute approximate surface area is 102 Å². The lowest BCUT2D eigenvalue weighted by Gasteiger charge is -2.24. The molecule has 2 aliphatic rings. The monoisotopic (exact) mass is 233 g/mol. The molecule has 0 spiro atoms. The van der Waals surface area contributed by atoms with Gasteiger partial charge < -0.3 is 9.73 Å². The molecule has 0 amide bonds. The highest BCUT2D eigenvalue weighted by Gasteiger charge is 2.37. The highest BCUT2D eigenvalue weighted by Crippen LogP contribution is 2.33. The van der Waals surface area contributed by atoms with Crippen LogP contribution in [0.15, 0.2) is 23.0 Å². The van der Waals surface area contributed by atoms with Gasteiger partial charge in [0.1, 0.15) is 0 Å². The van der Waals surface area contributed by atoms with Crippen molar-refractivity contribution < 1.29 is 9.21 Å². The van der Waals surface area contributed by atoms with Gasteiger partial charge in [-0.2, -0.15) is 0 Å².